The number of carbonyl (C=O) groups excluding carboxylic acids is 1. The molecular formula is C20H19Cl2N3O2S. The number of hydrogen-bond donors (Lipinski definition) is 1. The second kappa shape index (κ2) is 7.58. The van der Waals surface area contributed by atoms with Crippen LogP contribution in [0.2, 0.25) is 10.0 Å². The van der Waals surface area contributed by atoms with E-state index in [1.54, 1.807) is 11.8 Å². The highest BCUT2D eigenvalue weighted by Gasteiger charge is 2.42. The number of Topliss-reactive ketones (excluding diaryl/α,β-unsaturated/α-hetero) is 1. The van der Waals surface area contributed by atoms with Crippen molar-refractivity contribution in [3.63, 3.8) is 0 Å². The minimum absolute atomic E-state index is 0.167. The number of benzene rings is 1. The van der Waals surface area contributed by atoms with Crippen LogP contribution in [0.5, 0.6) is 5.75 Å². The van der Waals surface area contributed by atoms with Crippen molar-refractivity contribution in [3.05, 3.63) is 57.3 Å². The molecule has 1 aromatic heterocycles. The van der Waals surface area contributed by atoms with Crippen LogP contribution >= 0.6 is 35.0 Å². The summed E-state index contributed by atoms with van der Waals surface area (Å²) in [6.07, 6.45) is 2.51. The molecule has 0 spiro atoms. The molecule has 0 amide bonds. The molecule has 3 heterocycles. The molecule has 0 radical (unpaired) electrons. The van der Waals surface area contributed by atoms with Gasteiger partial charge in [-0.05, 0) is 37.1 Å². The molecule has 2 aliphatic rings. The van der Waals surface area contributed by atoms with Crippen LogP contribution in [0.3, 0.4) is 0 Å². The third-order valence-electron chi connectivity index (χ3n) is 5.32. The number of aromatic nitrogens is 1. The number of aliphatic imine (C=N–C) groups is 1. The number of ether oxygens (including phenoxy) is 1. The molecule has 0 unspecified atom stereocenters. The molecule has 28 heavy (non-hydrogen) atoms. The highest BCUT2D eigenvalue weighted by atomic mass is 35.5. The van der Waals surface area contributed by atoms with Crippen molar-refractivity contribution in [1.29, 1.82) is 0 Å². The normalized spacial score (nSPS) is 23.7. The summed E-state index contributed by atoms with van der Waals surface area (Å²) in [6, 6.07) is 7.34. The number of halogens is 2. The van der Waals surface area contributed by atoms with Gasteiger partial charge < -0.3 is 10.5 Å². The van der Waals surface area contributed by atoms with Crippen LogP contribution < -0.4 is 10.5 Å². The highest BCUT2D eigenvalue weighted by molar-refractivity contribution is 8.13. The van der Waals surface area contributed by atoms with Crippen LogP contribution in [0.4, 0.5) is 0 Å². The van der Waals surface area contributed by atoms with Crippen molar-refractivity contribution < 1.29 is 9.53 Å². The number of nitrogens with two attached hydrogens (primary N) is 1. The molecule has 0 bridgehead atoms. The number of thioether (sulfide) groups is 1. The molecule has 2 aromatic rings. The van der Waals surface area contributed by atoms with E-state index in [-0.39, 0.29) is 22.9 Å². The molecule has 4 rings (SSSR count). The standard InChI is InChI=1S/C20H19Cl2N3O2S/c1-20-12(10-28-19(23)25-20)4-5-27-17-3-2-11(6-14(17)20)7-16(26)18-15(22)8-13(21)9-24-18/h2-3,6,8-9,12H,4-5,7,10H2,1H3,(H2,23,25)/t12-,20+/m1/s1. The summed E-state index contributed by atoms with van der Waals surface area (Å²) in [5, 5.41) is 1.24. The van der Waals surface area contributed by atoms with Gasteiger partial charge in [0.25, 0.3) is 0 Å². The average molecular weight is 436 g/mol. The zero-order chi connectivity index (χ0) is 19.9. The molecule has 1 aromatic carbocycles. The number of nitrogens with zero attached hydrogens (tertiary/aromatic N) is 2. The van der Waals surface area contributed by atoms with Crippen molar-refractivity contribution in [1.82, 2.24) is 4.98 Å². The number of carbonyl (C=O) groups is 1. The number of rotatable bonds is 3. The minimum Gasteiger partial charge on any atom is -0.493 e. The van der Waals surface area contributed by atoms with Gasteiger partial charge in [-0.3, -0.25) is 9.79 Å². The highest BCUT2D eigenvalue weighted by Crippen LogP contribution is 2.47. The van der Waals surface area contributed by atoms with Gasteiger partial charge in [-0.15, -0.1) is 0 Å². The van der Waals surface area contributed by atoms with E-state index in [1.165, 1.54) is 12.3 Å². The predicted octanol–water partition coefficient (Wildman–Crippen LogP) is 4.49. The lowest BCUT2D eigenvalue weighted by atomic mass is 9.78. The number of hydrogen-bond acceptors (Lipinski definition) is 6. The van der Waals surface area contributed by atoms with Crippen LogP contribution in [0, 0.1) is 5.92 Å². The first-order chi connectivity index (χ1) is 13.4. The first kappa shape index (κ1) is 19.6. The molecule has 2 atom stereocenters. The van der Waals surface area contributed by atoms with E-state index in [1.807, 2.05) is 18.2 Å². The lowest BCUT2D eigenvalue weighted by Gasteiger charge is -2.36. The lowest BCUT2D eigenvalue weighted by molar-refractivity contribution is 0.0988. The Morgan fingerprint density at radius 3 is 3.00 bits per heavy atom. The smallest absolute Gasteiger partial charge is 0.187 e. The van der Waals surface area contributed by atoms with Gasteiger partial charge >= 0.3 is 0 Å². The number of fused-ring (bicyclic) bond motifs is 3. The Labute approximate surface area is 177 Å². The monoisotopic (exact) mass is 435 g/mol. The second-order valence-corrected chi connectivity index (χ2v) is 9.04. The molecule has 8 heteroatoms. The average Bonchev–Trinajstić information content (AvgIpc) is 2.77. The van der Waals surface area contributed by atoms with Crippen molar-refractivity contribution in [2.75, 3.05) is 12.4 Å². The number of pyridine rings is 1. The zero-order valence-corrected chi connectivity index (χ0v) is 17.6. The van der Waals surface area contributed by atoms with Crippen molar-refractivity contribution in [3.8, 4) is 5.75 Å². The van der Waals surface area contributed by atoms with E-state index in [2.05, 4.69) is 11.9 Å². The Kier molecular flexibility index (Phi) is 5.29. The summed E-state index contributed by atoms with van der Waals surface area (Å²) in [5.41, 5.74) is 7.63. The van der Waals surface area contributed by atoms with Crippen LogP contribution in [0.15, 0.2) is 35.5 Å². The summed E-state index contributed by atoms with van der Waals surface area (Å²) in [7, 11) is 0. The van der Waals surface area contributed by atoms with Crippen molar-refractivity contribution >= 4 is 45.9 Å². The van der Waals surface area contributed by atoms with Crippen molar-refractivity contribution in [2.45, 2.75) is 25.3 Å². The topological polar surface area (TPSA) is 77.6 Å². The lowest BCUT2D eigenvalue weighted by Crippen LogP contribution is -2.37. The van der Waals surface area contributed by atoms with E-state index in [9.17, 15) is 4.79 Å². The van der Waals surface area contributed by atoms with Crippen LogP contribution in [0.1, 0.15) is 35.0 Å². The largest absolute Gasteiger partial charge is 0.493 e. The van der Waals surface area contributed by atoms with Gasteiger partial charge in [-0.2, -0.15) is 0 Å². The molecule has 0 fully saturated rings. The molecule has 0 saturated carbocycles. The van der Waals surface area contributed by atoms with E-state index in [0.29, 0.717) is 22.7 Å². The number of ketones is 1. The Balaban J connectivity index is 1.69. The fourth-order valence-corrected chi connectivity index (χ4v) is 5.36. The van der Waals surface area contributed by atoms with E-state index < -0.39 is 5.54 Å². The summed E-state index contributed by atoms with van der Waals surface area (Å²) in [4.78, 5) is 21.6. The van der Waals surface area contributed by atoms with Crippen LogP contribution in [-0.4, -0.2) is 28.3 Å². The predicted molar refractivity (Wildman–Crippen MR) is 114 cm³/mol. The molecule has 2 N–H and O–H groups in total. The van der Waals surface area contributed by atoms with E-state index in [4.69, 9.17) is 38.7 Å². The third-order valence-corrected chi connectivity index (χ3v) is 6.77. The van der Waals surface area contributed by atoms with Gasteiger partial charge in [-0.1, -0.05) is 41.0 Å². The minimum atomic E-state index is -0.462. The summed E-state index contributed by atoms with van der Waals surface area (Å²) >= 11 is 13.6. The molecule has 0 saturated heterocycles. The first-order valence-corrected chi connectivity index (χ1v) is 10.7. The molecular weight excluding hydrogens is 417 g/mol. The summed E-state index contributed by atoms with van der Waals surface area (Å²) in [6.45, 7) is 2.74. The zero-order valence-electron chi connectivity index (χ0n) is 15.2. The van der Waals surface area contributed by atoms with Gasteiger partial charge in [0, 0.05) is 29.9 Å². The van der Waals surface area contributed by atoms with Crippen LogP contribution in [-0.2, 0) is 12.0 Å². The maximum Gasteiger partial charge on any atom is 0.187 e. The Morgan fingerprint density at radius 2 is 2.21 bits per heavy atom. The van der Waals surface area contributed by atoms with E-state index >= 15 is 0 Å². The maximum absolute atomic E-state index is 12.7. The fourth-order valence-electron chi connectivity index (χ4n) is 3.75. The maximum atomic E-state index is 12.7. The van der Waals surface area contributed by atoms with Crippen molar-refractivity contribution in [2.24, 2.45) is 16.6 Å². The third kappa shape index (κ3) is 3.61. The number of amidine groups is 1. The van der Waals surface area contributed by atoms with Gasteiger partial charge in [0.15, 0.2) is 11.0 Å². The first-order valence-electron chi connectivity index (χ1n) is 8.95. The second-order valence-electron chi connectivity index (χ2n) is 7.16. The van der Waals surface area contributed by atoms with Gasteiger partial charge in [0.2, 0.25) is 0 Å². The molecule has 146 valence electrons. The quantitative estimate of drug-likeness (QED) is 0.718. The van der Waals surface area contributed by atoms with E-state index in [0.717, 1.165) is 29.1 Å². The van der Waals surface area contributed by atoms with Crippen LogP contribution in [0.25, 0.3) is 0 Å². The summed E-state index contributed by atoms with van der Waals surface area (Å²) in [5.74, 6) is 1.86. The SMILES string of the molecule is C[C@]12N=C(N)SC[C@H]1CCOc1ccc(CC(=O)c3ncc(Cl)cc3Cl)cc12. The Bertz CT molecular complexity index is 982. The Morgan fingerprint density at radius 1 is 1.39 bits per heavy atom. The van der Waals surface area contributed by atoms with Gasteiger partial charge in [-0.25, -0.2) is 4.98 Å². The molecule has 2 aliphatic heterocycles. The Hall–Kier alpha value is -1.76. The molecule has 0 aliphatic carbocycles. The van der Waals surface area contributed by atoms with Gasteiger partial charge in [0.1, 0.15) is 11.4 Å². The molecule has 5 nitrogen and oxygen atoms in total. The fraction of sp³-hybridized carbons (Fsp3) is 0.350. The van der Waals surface area contributed by atoms with Gasteiger partial charge in [0.05, 0.1) is 22.2 Å². The summed E-state index contributed by atoms with van der Waals surface area (Å²) < 4.78 is 5.97.